The van der Waals surface area contributed by atoms with Crippen LogP contribution in [-0.4, -0.2) is 5.97 Å². The van der Waals surface area contributed by atoms with Gasteiger partial charge in [0, 0.05) is 10.1 Å². The first-order chi connectivity index (χ1) is 6.20. The van der Waals surface area contributed by atoms with Gasteiger partial charge in [-0.3, -0.25) is 0 Å². The van der Waals surface area contributed by atoms with Crippen molar-refractivity contribution in [3.8, 4) is 0 Å². The molecule has 0 saturated carbocycles. The fourth-order valence-corrected chi connectivity index (χ4v) is 2.17. The normalized spacial score (nSPS) is 10.5. The van der Waals surface area contributed by atoms with Gasteiger partial charge < -0.3 is 15.6 Å². The van der Waals surface area contributed by atoms with Gasteiger partial charge in [0.1, 0.15) is 0 Å². The van der Waals surface area contributed by atoms with Crippen molar-refractivity contribution < 1.29 is 9.90 Å². The number of carboxylic acid groups (broad SMARTS) is 1. The van der Waals surface area contributed by atoms with E-state index in [1.54, 1.807) is 6.07 Å². The second-order valence-electron chi connectivity index (χ2n) is 2.63. The van der Waals surface area contributed by atoms with Crippen molar-refractivity contribution in [3.05, 3.63) is 29.1 Å². The van der Waals surface area contributed by atoms with E-state index in [0.29, 0.717) is 5.69 Å². The summed E-state index contributed by atoms with van der Waals surface area (Å²) < 4.78 is 0.874. The summed E-state index contributed by atoms with van der Waals surface area (Å²) in [6.45, 7) is 0. The van der Waals surface area contributed by atoms with Gasteiger partial charge in [0.15, 0.2) is 0 Å². The Hall–Kier alpha value is -1.55. The van der Waals surface area contributed by atoms with Crippen LogP contribution < -0.4 is 10.8 Å². The van der Waals surface area contributed by atoms with E-state index >= 15 is 0 Å². The molecule has 1 heterocycles. The summed E-state index contributed by atoms with van der Waals surface area (Å²) in [5, 5.41) is 11.4. The van der Waals surface area contributed by atoms with Crippen molar-refractivity contribution in [3.63, 3.8) is 0 Å². The molecular weight excluding hydrogens is 186 g/mol. The van der Waals surface area contributed by atoms with Crippen molar-refractivity contribution in [1.82, 2.24) is 0 Å². The van der Waals surface area contributed by atoms with Crippen molar-refractivity contribution in [1.29, 1.82) is 0 Å². The molecule has 2 aromatic rings. The van der Waals surface area contributed by atoms with E-state index in [-0.39, 0.29) is 4.88 Å². The SMILES string of the molecule is Nc1c(C(=O)[O-])sc2ccccc12. The summed E-state index contributed by atoms with van der Waals surface area (Å²) in [6.07, 6.45) is 0. The third-order valence-corrected chi connectivity index (χ3v) is 2.99. The first-order valence-electron chi connectivity index (χ1n) is 3.68. The quantitative estimate of drug-likeness (QED) is 0.728. The molecule has 1 aromatic heterocycles. The lowest BCUT2D eigenvalue weighted by atomic mass is 10.2. The van der Waals surface area contributed by atoms with Crippen LogP contribution in [-0.2, 0) is 0 Å². The average molecular weight is 192 g/mol. The second kappa shape index (κ2) is 2.74. The highest BCUT2D eigenvalue weighted by atomic mass is 32.1. The highest BCUT2D eigenvalue weighted by Crippen LogP contribution is 2.32. The minimum absolute atomic E-state index is 0.112. The molecule has 0 saturated heterocycles. The lowest BCUT2D eigenvalue weighted by molar-refractivity contribution is -0.254. The molecule has 2 N–H and O–H groups in total. The zero-order valence-corrected chi connectivity index (χ0v) is 7.43. The summed E-state index contributed by atoms with van der Waals surface area (Å²) in [5.74, 6) is -1.21. The maximum atomic E-state index is 10.6. The van der Waals surface area contributed by atoms with Crippen LogP contribution in [0.15, 0.2) is 24.3 Å². The zero-order valence-electron chi connectivity index (χ0n) is 6.61. The van der Waals surface area contributed by atoms with Gasteiger partial charge in [-0.2, -0.15) is 0 Å². The van der Waals surface area contributed by atoms with E-state index < -0.39 is 5.97 Å². The van der Waals surface area contributed by atoms with Crippen LogP contribution in [0.4, 0.5) is 5.69 Å². The smallest absolute Gasteiger partial charge is 0.0836 e. The van der Waals surface area contributed by atoms with E-state index in [2.05, 4.69) is 0 Å². The number of thiophene rings is 1. The van der Waals surface area contributed by atoms with Crippen LogP contribution in [0.1, 0.15) is 9.67 Å². The Kier molecular flexibility index (Phi) is 1.70. The van der Waals surface area contributed by atoms with Gasteiger partial charge in [0.05, 0.1) is 16.5 Å². The van der Waals surface area contributed by atoms with Crippen molar-refractivity contribution in [2.75, 3.05) is 5.73 Å². The minimum Gasteiger partial charge on any atom is -0.544 e. The zero-order chi connectivity index (χ0) is 9.42. The molecule has 0 fully saturated rings. The summed E-state index contributed by atoms with van der Waals surface area (Å²) >= 11 is 1.14. The standard InChI is InChI=1S/C9H7NO2S/c10-7-5-3-1-2-4-6(5)13-8(7)9(11)12/h1-4H,10H2,(H,11,12)/p-1. The van der Waals surface area contributed by atoms with Crippen LogP contribution in [0.25, 0.3) is 10.1 Å². The molecule has 0 bridgehead atoms. The molecule has 0 spiro atoms. The third kappa shape index (κ3) is 1.15. The number of carbonyl (C=O) groups excluding carboxylic acids is 1. The number of hydrogen-bond donors (Lipinski definition) is 1. The van der Waals surface area contributed by atoms with E-state index in [4.69, 9.17) is 5.73 Å². The van der Waals surface area contributed by atoms with Crippen molar-refractivity contribution in [2.24, 2.45) is 0 Å². The first-order valence-corrected chi connectivity index (χ1v) is 4.50. The maximum absolute atomic E-state index is 10.6. The van der Waals surface area contributed by atoms with Gasteiger partial charge in [-0.1, -0.05) is 18.2 Å². The third-order valence-electron chi connectivity index (χ3n) is 1.82. The van der Waals surface area contributed by atoms with Gasteiger partial charge in [-0.05, 0) is 6.07 Å². The number of carbonyl (C=O) groups is 1. The molecule has 0 atom stereocenters. The molecule has 66 valence electrons. The number of benzene rings is 1. The summed E-state index contributed by atoms with van der Waals surface area (Å²) in [6, 6.07) is 7.30. The summed E-state index contributed by atoms with van der Waals surface area (Å²) in [7, 11) is 0. The molecule has 0 unspecified atom stereocenters. The fraction of sp³-hybridized carbons (Fsp3) is 0. The van der Waals surface area contributed by atoms with Crippen LogP contribution >= 0.6 is 11.3 Å². The number of rotatable bonds is 1. The molecule has 0 aliphatic heterocycles. The van der Waals surface area contributed by atoms with Gasteiger partial charge in [0.2, 0.25) is 0 Å². The Morgan fingerprint density at radius 3 is 2.69 bits per heavy atom. The Morgan fingerprint density at radius 2 is 2.08 bits per heavy atom. The molecule has 0 aliphatic rings. The molecule has 1 aromatic carbocycles. The lowest BCUT2D eigenvalue weighted by Gasteiger charge is -1.97. The minimum atomic E-state index is -1.21. The number of carboxylic acids is 1. The molecule has 0 aliphatic carbocycles. The fourth-order valence-electron chi connectivity index (χ4n) is 1.22. The number of aromatic carboxylic acids is 1. The van der Waals surface area contributed by atoms with Crippen LogP contribution in [0, 0.1) is 0 Å². The van der Waals surface area contributed by atoms with E-state index in [1.807, 2.05) is 18.2 Å². The van der Waals surface area contributed by atoms with Crippen molar-refractivity contribution >= 4 is 33.1 Å². The van der Waals surface area contributed by atoms with Gasteiger partial charge in [-0.25, -0.2) is 0 Å². The van der Waals surface area contributed by atoms with E-state index in [0.717, 1.165) is 21.4 Å². The van der Waals surface area contributed by atoms with Gasteiger partial charge in [0.25, 0.3) is 0 Å². The highest BCUT2D eigenvalue weighted by molar-refractivity contribution is 7.21. The Morgan fingerprint density at radius 1 is 1.38 bits per heavy atom. The molecule has 4 heteroatoms. The second-order valence-corrected chi connectivity index (χ2v) is 3.68. The topological polar surface area (TPSA) is 66.2 Å². The van der Waals surface area contributed by atoms with E-state index in [1.165, 1.54) is 0 Å². The highest BCUT2D eigenvalue weighted by Gasteiger charge is 2.08. The number of fused-ring (bicyclic) bond motifs is 1. The molecule has 0 amide bonds. The van der Waals surface area contributed by atoms with Gasteiger partial charge in [-0.15, -0.1) is 11.3 Å². The lowest BCUT2D eigenvalue weighted by Crippen LogP contribution is -2.21. The largest absolute Gasteiger partial charge is 0.544 e. The monoisotopic (exact) mass is 192 g/mol. The Bertz CT molecular complexity index is 475. The van der Waals surface area contributed by atoms with Crippen LogP contribution in [0.3, 0.4) is 0 Å². The Labute approximate surface area is 78.4 Å². The van der Waals surface area contributed by atoms with Crippen LogP contribution in [0.5, 0.6) is 0 Å². The first kappa shape index (κ1) is 8.07. The maximum Gasteiger partial charge on any atom is 0.0836 e. The number of hydrogen-bond acceptors (Lipinski definition) is 4. The predicted molar refractivity (Wildman–Crippen MR) is 50.6 cm³/mol. The molecule has 0 radical (unpaired) electrons. The Balaban J connectivity index is 2.81. The molecule has 3 nitrogen and oxygen atoms in total. The molecule has 2 rings (SSSR count). The van der Waals surface area contributed by atoms with Crippen LogP contribution in [0.2, 0.25) is 0 Å². The number of anilines is 1. The van der Waals surface area contributed by atoms with E-state index in [9.17, 15) is 9.90 Å². The number of nitrogens with two attached hydrogens (primary N) is 1. The predicted octanol–water partition coefficient (Wildman–Crippen LogP) is 0.847. The summed E-state index contributed by atoms with van der Waals surface area (Å²) in [5.41, 5.74) is 5.94. The molecular formula is C9H6NO2S-. The average Bonchev–Trinajstić information content (AvgIpc) is 2.45. The van der Waals surface area contributed by atoms with Gasteiger partial charge >= 0.3 is 0 Å². The number of nitrogen functional groups attached to an aromatic ring is 1. The summed E-state index contributed by atoms with van der Waals surface area (Å²) in [4.78, 5) is 10.7. The van der Waals surface area contributed by atoms with Crippen molar-refractivity contribution in [2.45, 2.75) is 0 Å². The molecule has 13 heavy (non-hydrogen) atoms.